The van der Waals surface area contributed by atoms with E-state index in [1.807, 2.05) is 12.3 Å². The molecule has 0 saturated carbocycles. The third-order valence-corrected chi connectivity index (χ3v) is 2.89. The lowest BCUT2D eigenvalue weighted by Crippen LogP contribution is -2.39. The van der Waals surface area contributed by atoms with Crippen LogP contribution >= 0.6 is 0 Å². The third-order valence-electron chi connectivity index (χ3n) is 2.89. The summed E-state index contributed by atoms with van der Waals surface area (Å²) in [6, 6.07) is 10.6. The minimum Gasteiger partial charge on any atom is -0.315 e. The van der Waals surface area contributed by atoms with Crippen LogP contribution in [0, 0.1) is 0 Å². The summed E-state index contributed by atoms with van der Waals surface area (Å²) < 4.78 is 0. The van der Waals surface area contributed by atoms with Crippen LogP contribution in [0.1, 0.15) is 11.5 Å². The molecular weight excluding hydrogens is 172 g/mol. The molecule has 0 spiro atoms. The third kappa shape index (κ3) is 1.11. The lowest BCUT2D eigenvalue weighted by molar-refractivity contribution is 0.450. The number of aromatic nitrogens is 1. The summed E-state index contributed by atoms with van der Waals surface area (Å²) in [6.45, 7) is 2.19. The molecule has 1 aliphatic rings. The van der Waals surface area contributed by atoms with Gasteiger partial charge in [0.05, 0.1) is 5.52 Å². The molecule has 3 rings (SSSR count). The van der Waals surface area contributed by atoms with E-state index in [9.17, 15) is 0 Å². The molecule has 0 atom stereocenters. The Bertz CT molecular complexity index is 455. The standard InChI is InChI=1S/C12H12N2/c1-3-9-4-2-6-14-12(9)11(5-1)10-7-13-8-10/h1-6,10,13H,7-8H2. The van der Waals surface area contributed by atoms with Crippen molar-refractivity contribution in [1.29, 1.82) is 0 Å². The molecular formula is C12H12N2. The second kappa shape index (κ2) is 3.07. The van der Waals surface area contributed by atoms with Crippen molar-refractivity contribution in [3.05, 3.63) is 42.1 Å². The molecule has 1 fully saturated rings. The van der Waals surface area contributed by atoms with Crippen LogP contribution in [0.2, 0.25) is 0 Å². The fourth-order valence-corrected chi connectivity index (χ4v) is 1.97. The maximum atomic E-state index is 4.46. The van der Waals surface area contributed by atoms with Gasteiger partial charge in [-0.1, -0.05) is 24.3 Å². The van der Waals surface area contributed by atoms with E-state index in [4.69, 9.17) is 0 Å². The number of benzene rings is 1. The second-order valence-electron chi connectivity index (χ2n) is 3.78. The number of hydrogen-bond acceptors (Lipinski definition) is 2. The number of hydrogen-bond donors (Lipinski definition) is 1. The molecule has 1 aromatic heterocycles. The molecule has 2 heteroatoms. The van der Waals surface area contributed by atoms with Gasteiger partial charge in [0, 0.05) is 30.6 Å². The van der Waals surface area contributed by atoms with Gasteiger partial charge in [0.1, 0.15) is 0 Å². The number of nitrogens with zero attached hydrogens (tertiary/aromatic N) is 1. The average Bonchev–Trinajstić information content (AvgIpc) is 2.16. The number of nitrogens with one attached hydrogen (secondary N) is 1. The highest BCUT2D eigenvalue weighted by Crippen LogP contribution is 2.26. The Balaban J connectivity index is 2.22. The van der Waals surface area contributed by atoms with Crippen LogP contribution in [0.15, 0.2) is 36.5 Å². The van der Waals surface area contributed by atoms with Gasteiger partial charge in [0.2, 0.25) is 0 Å². The topological polar surface area (TPSA) is 24.9 Å². The number of pyridine rings is 1. The number of rotatable bonds is 1. The van der Waals surface area contributed by atoms with Crippen molar-refractivity contribution in [3.63, 3.8) is 0 Å². The maximum Gasteiger partial charge on any atom is 0.0737 e. The molecule has 1 N–H and O–H groups in total. The fourth-order valence-electron chi connectivity index (χ4n) is 1.97. The van der Waals surface area contributed by atoms with Gasteiger partial charge in [-0.2, -0.15) is 0 Å². The fraction of sp³-hybridized carbons (Fsp3) is 0.250. The summed E-state index contributed by atoms with van der Waals surface area (Å²) in [5.41, 5.74) is 2.56. The first-order valence-electron chi connectivity index (χ1n) is 4.99. The van der Waals surface area contributed by atoms with Gasteiger partial charge in [0.15, 0.2) is 0 Å². The molecule has 0 aliphatic carbocycles. The minimum atomic E-state index is 0.661. The largest absolute Gasteiger partial charge is 0.315 e. The molecule has 1 aliphatic heterocycles. The predicted octanol–water partition coefficient (Wildman–Crippen LogP) is 1.92. The zero-order valence-corrected chi connectivity index (χ0v) is 7.90. The summed E-state index contributed by atoms with van der Waals surface area (Å²) in [6.07, 6.45) is 1.87. The van der Waals surface area contributed by atoms with Crippen molar-refractivity contribution in [2.45, 2.75) is 5.92 Å². The SMILES string of the molecule is c1cnc2c(C3CNC3)cccc2c1. The van der Waals surface area contributed by atoms with Crippen molar-refractivity contribution >= 4 is 10.9 Å². The Morgan fingerprint density at radius 3 is 2.79 bits per heavy atom. The van der Waals surface area contributed by atoms with Crippen molar-refractivity contribution in [1.82, 2.24) is 10.3 Å². The summed E-state index contributed by atoms with van der Waals surface area (Å²) in [4.78, 5) is 4.46. The van der Waals surface area contributed by atoms with E-state index in [0.29, 0.717) is 5.92 Å². The van der Waals surface area contributed by atoms with Crippen LogP contribution in [0.3, 0.4) is 0 Å². The van der Waals surface area contributed by atoms with E-state index < -0.39 is 0 Å². The highest BCUT2D eigenvalue weighted by molar-refractivity contribution is 5.82. The lowest BCUT2D eigenvalue weighted by atomic mass is 9.92. The van der Waals surface area contributed by atoms with Gasteiger partial charge in [0.25, 0.3) is 0 Å². The van der Waals surface area contributed by atoms with Gasteiger partial charge in [-0.05, 0) is 11.6 Å². The number of para-hydroxylation sites is 1. The quantitative estimate of drug-likeness (QED) is 0.732. The van der Waals surface area contributed by atoms with E-state index in [2.05, 4.69) is 34.6 Å². The minimum absolute atomic E-state index is 0.661. The average molecular weight is 184 g/mol. The molecule has 0 amide bonds. The molecule has 2 aromatic rings. The van der Waals surface area contributed by atoms with Gasteiger partial charge < -0.3 is 5.32 Å². The van der Waals surface area contributed by atoms with Gasteiger partial charge in [-0.25, -0.2) is 0 Å². The Morgan fingerprint density at radius 2 is 2.00 bits per heavy atom. The highest BCUT2D eigenvalue weighted by Gasteiger charge is 2.20. The predicted molar refractivity (Wildman–Crippen MR) is 57.4 cm³/mol. The monoisotopic (exact) mass is 184 g/mol. The lowest BCUT2D eigenvalue weighted by Gasteiger charge is -2.28. The first kappa shape index (κ1) is 7.94. The van der Waals surface area contributed by atoms with E-state index in [1.165, 1.54) is 16.5 Å². The molecule has 0 unspecified atom stereocenters. The molecule has 0 bridgehead atoms. The van der Waals surface area contributed by atoms with Crippen LogP contribution in [-0.4, -0.2) is 18.1 Å². The van der Waals surface area contributed by atoms with Crippen LogP contribution < -0.4 is 5.32 Å². The van der Waals surface area contributed by atoms with Crippen LogP contribution in [0.4, 0.5) is 0 Å². The van der Waals surface area contributed by atoms with Crippen LogP contribution in [-0.2, 0) is 0 Å². The molecule has 1 aromatic carbocycles. The van der Waals surface area contributed by atoms with Gasteiger partial charge in [-0.15, -0.1) is 0 Å². The van der Waals surface area contributed by atoms with Crippen LogP contribution in [0.5, 0.6) is 0 Å². The van der Waals surface area contributed by atoms with Gasteiger partial charge >= 0.3 is 0 Å². The Labute approximate surface area is 83.0 Å². The molecule has 0 radical (unpaired) electrons. The molecule has 70 valence electrons. The van der Waals surface area contributed by atoms with Crippen molar-refractivity contribution in [2.24, 2.45) is 0 Å². The summed E-state index contributed by atoms with van der Waals surface area (Å²) >= 11 is 0. The second-order valence-corrected chi connectivity index (χ2v) is 3.78. The Kier molecular flexibility index (Phi) is 1.74. The highest BCUT2D eigenvalue weighted by atomic mass is 14.9. The smallest absolute Gasteiger partial charge is 0.0737 e. The van der Waals surface area contributed by atoms with E-state index >= 15 is 0 Å². The molecule has 2 heterocycles. The Hall–Kier alpha value is -1.41. The summed E-state index contributed by atoms with van der Waals surface area (Å²) in [5, 5.41) is 4.54. The van der Waals surface area contributed by atoms with E-state index in [0.717, 1.165) is 13.1 Å². The van der Waals surface area contributed by atoms with E-state index in [1.54, 1.807) is 0 Å². The van der Waals surface area contributed by atoms with Crippen molar-refractivity contribution in [2.75, 3.05) is 13.1 Å². The zero-order chi connectivity index (χ0) is 9.38. The van der Waals surface area contributed by atoms with Crippen LogP contribution in [0.25, 0.3) is 10.9 Å². The first-order chi connectivity index (χ1) is 6.95. The van der Waals surface area contributed by atoms with Crippen molar-refractivity contribution < 1.29 is 0 Å². The maximum absolute atomic E-state index is 4.46. The number of fused-ring (bicyclic) bond motifs is 1. The molecule has 14 heavy (non-hydrogen) atoms. The van der Waals surface area contributed by atoms with Crippen molar-refractivity contribution in [3.8, 4) is 0 Å². The molecule has 2 nitrogen and oxygen atoms in total. The Morgan fingerprint density at radius 1 is 1.14 bits per heavy atom. The molecule has 1 saturated heterocycles. The summed E-state index contributed by atoms with van der Waals surface area (Å²) in [7, 11) is 0. The normalized spacial score (nSPS) is 16.9. The summed E-state index contributed by atoms with van der Waals surface area (Å²) in [5.74, 6) is 0.661. The van der Waals surface area contributed by atoms with E-state index in [-0.39, 0.29) is 0 Å². The zero-order valence-electron chi connectivity index (χ0n) is 7.90. The first-order valence-corrected chi connectivity index (χ1v) is 4.99. The van der Waals surface area contributed by atoms with Gasteiger partial charge in [-0.3, -0.25) is 4.98 Å².